The zero-order valence-corrected chi connectivity index (χ0v) is 13.8. The van der Waals surface area contributed by atoms with Crippen molar-refractivity contribution in [2.75, 3.05) is 6.54 Å². The van der Waals surface area contributed by atoms with Crippen LogP contribution in [0.1, 0.15) is 50.3 Å². The highest BCUT2D eigenvalue weighted by atomic mass is 16.5. The minimum Gasteiger partial charge on any atom is -0.484 e. The number of hydroxylamine groups is 2. The number of para-hydroxylation sites is 1. The van der Waals surface area contributed by atoms with Gasteiger partial charge < -0.3 is 9.15 Å². The maximum absolute atomic E-state index is 10.7. The molecule has 2 aromatic rings. The highest BCUT2D eigenvalue weighted by Gasteiger charge is 2.21. The first-order valence-electron chi connectivity index (χ1n) is 8.13. The summed E-state index contributed by atoms with van der Waals surface area (Å²) in [6, 6.07) is 9.37. The van der Waals surface area contributed by atoms with Crippen LogP contribution in [0.3, 0.4) is 0 Å². The molecule has 130 valence electrons. The van der Waals surface area contributed by atoms with Crippen molar-refractivity contribution in [1.29, 1.82) is 0 Å². The van der Waals surface area contributed by atoms with Crippen molar-refractivity contribution in [1.82, 2.24) is 15.3 Å². The second-order valence-corrected chi connectivity index (χ2v) is 5.56. The van der Waals surface area contributed by atoms with E-state index in [1.165, 1.54) is 0 Å². The molecule has 24 heavy (non-hydrogen) atoms. The maximum atomic E-state index is 10.7. The van der Waals surface area contributed by atoms with Gasteiger partial charge in [0, 0.05) is 0 Å². The standard InChI is InChI=1S/C17H23N3O4/c1-2-3-5-8-14(11-20(22)13-21)17-19-18-16(24-17)12-23-15-9-6-4-7-10-15/h4,6-7,9-10,13-14,22H,2-3,5,8,11-12H2,1H3/t14-/m1/s1. The smallest absolute Gasteiger partial charge is 0.253 e. The van der Waals surface area contributed by atoms with Crippen LogP contribution in [0.4, 0.5) is 0 Å². The first kappa shape index (κ1) is 17.9. The summed E-state index contributed by atoms with van der Waals surface area (Å²) in [6.07, 6.45) is 4.26. The normalized spacial score (nSPS) is 11.9. The molecule has 1 aromatic heterocycles. The van der Waals surface area contributed by atoms with E-state index in [9.17, 15) is 10.0 Å². The van der Waals surface area contributed by atoms with Gasteiger partial charge in [0.15, 0.2) is 6.61 Å². The minimum atomic E-state index is -0.190. The summed E-state index contributed by atoms with van der Waals surface area (Å²) in [5.41, 5.74) is 0. The van der Waals surface area contributed by atoms with E-state index < -0.39 is 0 Å². The lowest BCUT2D eigenvalue weighted by Crippen LogP contribution is -2.24. The first-order chi connectivity index (χ1) is 11.7. The predicted octanol–water partition coefficient (Wildman–Crippen LogP) is 3.16. The molecule has 0 saturated heterocycles. The van der Waals surface area contributed by atoms with Crippen molar-refractivity contribution in [2.24, 2.45) is 0 Å². The molecule has 0 aliphatic rings. The Labute approximate surface area is 141 Å². The second kappa shape index (κ2) is 9.67. The molecule has 0 saturated carbocycles. The van der Waals surface area contributed by atoms with E-state index in [4.69, 9.17) is 9.15 Å². The SMILES string of the molecule is CCCCC[C@H](CN(O)C=O)c1nnc(COc2ccccc2)o1. The van der Waals surface area contributed by atoms with Gasteiger partial charge in [-0.15, -0.1) is 10.2 Å². The number of hydrogen-bond acceptors (Lipinski definition) is 6. The fraction of sp³-hybridized carbons (Fsp3) is 0.471. The van der Waals surface area contributed by atoms with Crippen LogP contribution in [-0.2, 0) is 11.4 Å². The van der Waals surface area contributed by atoms with E-state index in [-0.39, 0.29) is 19.1 Å². The van der Waals surface area contributed by atoms with E-state index in [0.29, 0.717) is 23.3 Å². The Morgan fingerprint density at radius 1 is 1.29 bits per heavy atom. The third kappa shape index (κ3) is 5.66. The molecule has 0 aliphatic heterocycles. The number of carbonyl (C=O) groups excluding carboxylic acids is 1. The van der Waals surface area contributed by atoms with Crippen LogP contribution in [0.15, 0.2) is 34.7 Å². The van der Waals surface area contributed by atoms with Crippen LogP contribution in [0.25, 0.3) is 0 Å². The zero-order chi connectivity index (χ0) is 17.2. The third-order valence-corrected chi connectivity index (χ3v) is 3.62. The monoisotopic (exact) mass is 333 g/mol. The van der Waals surface area contributed by atoms with E-state index >= 15 is 0 Å². The van der Waals surface area contributed by atoms with Gasteiger partial charge in [-0.3, -0.25) is 10.0 Å². The molecular formula is C17H23N3O4. The van der Waals surface area contributed by atoms with E-state index in [2.05, 4.69) is 17.1 Å². The molecule has 0 radical (unpaired) electrons. The molecule has 0 fully saturated rings. The summed E-state index contributed by atoms with van der Waals surface area (Å²) in [6.45, 7) is 2.42. The van der Waals surface area contributed by atoms with Gasteiger partial charge in [-0.05, 0) is 18.6 Å². The molecule has 2 rings (SSSR count). The third-order valence-electron chi connectivity index (χ3n) is 3.62. The van der Waals surface area contributed by atoms with Gasteiger partial charge in [-0.2, -0.15) is 0 Å². The number of benzene rings is 1. The largest absolute Gasteiger partial charge is 0.484 e. The van der Waals surface area contributed by atoms with Gasteiger partial charge in [0.1, 0.15) is 5.75 Å². The predicted molar refractivity (Wildman–Crippen MR) is 86.5 cm³/mol. The van der Waals surface area contributed by atoms with Crippen LogP contribution in [0.2, 0.25) is 0 Å². The number of hydrogen-bond donors (Lipinski definition) is 1. The van der Waals surface area contributed by atoms with Crippen LogP contribution in [0, 0.1) is 0 Å². The van der Waals surface area contributed by atoms with Crippen LogP contribution < -0.4 is 4.74 Å². The Morgan fingerprint density at radius 2 is 2.08 bits per heavy atom. The van der Waals surface area contributed by atoms with Gasteiger partial charge in [0.2, 0.25) is 12.3 Å². The van der Waals surface area contributed by atoms with Crippen LogP contribution >= 0.6 is 0 Å². The lowest BCUT2D eigenvalue weighted by molar-refractivity contribution is -0.151. The van der Waals surface area contributed by atoms with Crippen molar-refractivity contribution in [3.05, 3.63) is 42.1 Å². The highest BCUT2D eigenvalue weighted by molar-refractivity contribution is 5.44. The average molecular weight is 333 g/mol. The quantitative estimate of drug-likeness (QED) is 0.294. The van der Waals surface area contributed by atoms with Gasteiger partial charge in [0.25, 0.3) is 5.89 Å². The Morgan fingerprint density at radius 3 is 2.79 bits per heavy atom. The number of ether oxygens (including phenoxy) is 1. The summed E-state index contributed by atoms with van der Waals surface area (Å²) >= 11 is 0. The highest BCUT2D eigenvalue weighted by Crippen LogP contribution is 2.23. The molecule has 7 nitrogen and oxygen atoms in total. The number of rotatable bonds is 11. The van der Waals surface area contributed by atoms with E-state index in [1.807, 2.05) is 30.3 Å². The Bertz CT molecular complexity index is 603. The molecule has 1 N–H and O–H groups in total. The topological polar surface area (TPSA) is 88.7 Å². The van der Waals surface area contributed by atoms with E-state index in [1.54, 1.807) is 0 Å². The molecule has 1 atom stereocenters. The second-order valence-electron chi connectivity index (χ2n) is 5.56. The molecule has 7 heteroatoms. The molecule has 0 spiro atoms. The number of aromatic nitrogens is 2. The number of nitrogens with zero attached hydrogens (tertiary/aromatic N) is 3. The summed E-state index contributed by atoms with van der Waals surface area (Å²) < 4.78 is 11.2. The van der Waals surface area contributed by atoms with Crippen molar-refractivity contribution >= 4 is 6.41 Å². The number of amides is 1. The number of carbonyl (C=O) groups is 1. The molecule has 0 aliphatic carbocycles. The fourth-order valence-electron chi connectivity index (χ4n) is 2.35. The average Bonchev–Trinajstić information content (AvgIpc) is 3.09. The van der Waals surface area contributed by atoms with Gasteiger partial charge >= 0.3 is 0 Å². The van der Waals surface area contributed by atoms with Crippen molar-refractivity contribution in [3.63, 3.8) is 0 Å². The summed E-state index contributed by atoms with van der Waals surface area (Å²) in [5, 5.41) is 18.1. The maximum Gasteiger partial charge on any atom is 0.253 e. The van der Waals surface area contributed by atoms with Crippen LogP contribution in [0.5, 0.6) is 5.75 Å². The molecule has 0 unspecified atom stereocenters. The van der Waals surface area contributed by atoms with Crippen LogP contribution in [-0.4, -0.2) is 33.4 Å². The summed E-state index contributed by atoms with van der Waals surface area (Å²) in [5.74, 6) is 1.31. The summed E-state index contributed by atoms with van der Waals surface area (Å²) in [7, 11) is 0. The Hall–Kier alpha value is -2.41. The van der Waals surface area contributed by atoms with E-state index in [0.717, 1.165) is 31.4 Å². The molecule has 0 bridgehead atoms. The zero-order valence-electron chi connectivity index (χ0n) is 13.8. The Balaban J connectivity index is 1.96. The van der Waals surface area contributed by atoms with Crippen molar-refractivity contribution in [2.45, 2.75) is 45.1 Å². The number of unbranched alkanes of at least 4 members (excludes halogenated alkanes) is 2. The molecule has 1 aromatic carbocycles. The Kier molecular flexibility index (Phi) is 7.22. The van der Waals surface area contributed by atoms with Gasteiger partial charge in [-0.25, -0.2) is 5.06 Å². The molecular weight excluding hydrogens is 310 g/mol. The molecule has 1 amide bonds. The fourth-order valence-corrected chi connectivity index (χ4v) is 2.35. The van der Waals surface area contributed by atoms with Gasteiger partial charge in [0.05, 0.1) is 12.5 Å². The van der Waals surface area contributed by atoms with Gasteiger partial charge in [-0.1, -0.05) is 44.4 Å². The lowest BCUT2D eigenvalue weighted by Gasteiger charge is -2.16. The lowest BCUT2D eigenvalue weighted by atomic mass is 10.0. The summed E-state index contributed by atoms with van der Waals surface area (Å²) in [4.78, 5) is 10.7. The minimum absolute atomic E-state index is 0.133. The van der Waals surface area contributed by atoms with Crippen molar-refractivity contribution in [3.8, 4) is 5.75 Å². The molecule has 1 heterocycles. The van der Waals surface area contributed by atoms with Crippen molar-refractivity contribution < 1.29 is 19.2 Å². The first-order valence-corrected chi connectivity index (χ1v) is 8.13.